The first-order valence-corrected chi connectivity index (χ1v) is 9.26. The number of hydrogen-bond donors (Lipinski definition) is 1. The molecule has 0 bridgehead atoms. The van der Waals surface area contributed by atoms with Crippen LogP contribution in [0.15, 0.2) is 63.2 Å². The van der Waals surface area contributed by atoms with E-state index in [1.165, 1.54) is 30.1 Å². The molecule has 132 valence electrons. The highest BCUT2D eigenvalue weighted by Crippen LogP contribution is 2.24. The van der Waals surface area contributed by atoms with Crippen LogP contribution in [0.25, 0.3) is 0 Å². The third-order valence-electron chi connectivity index (χ3n) is 3.55. The average molecular weight is 433 g/mol. The molecule has 1 saturated heterocycles. The predicted molar refractivity (Wildman–Crippen MR) is 105 cm³/mol. The van der Waals surface area contributed by atoms with Crippen LogP contribution in [0.1, 0.15) is 11.1 Å². The molecular formula is C17H13BrN4O3S. The molecule has 0 aromatic heterocycles. The highest BCUT2D eigenvalue weighted by Gasteiger charge is 2.30. The van der Waals surface area contributed by atoms with Gasteiger partial charge in [0.15, 0.2) is 5.17 Å². The van der Waals surface area contributed by atoms with Crippen LogP contribution in [0.4, 0.5) is 5.69 Å². The van der Waals surface area contributed by atoms with Crippen molar-refractivity contribution >= 4 is 50.7 Å². The Bertz CT molecular complexity index is 899. The third-order valence-corrected chi connectivity index (χ3v) is 5.15. The smallest absolute Gasteiger partial charge is 0.270 e. The summed E-state index contributed by atoms with van der Waals surface area (Å²) in [4.78, 5) is 22.3. The van der Waals surface area contributed by atoms with E-state index >= 15 is 0 Å². The first-order valence-electron chi connectivity index (χ1n) is 7.59. The van der Waals surface area contributed by atoms with E-state index in [4.69, 9.17) is 0 Å². The number of thioether (sulfide) groups is 1. The molecule has 2 aromatic carbocycles. The topological polar surface area (TPSA) is 97.0 Å². The van der Waals surface area contributed by atoms with Crippen LogP contribution in [0.2, 0.25) is 0 Å². The lowest BCUT2D eigenvalue weighted by atomic mass is 10.1. The summed E-state index contributed by atoms with van der Waals surface area (Å²) in [7, 11) is 0. The Balaban J connectivity index is 1.63. The lowest BCUT2D eigenvalue weighted by Crippen LogP contribution is -2.25. The number of nitrogens with zero attached hydrogens (tertiary/aromatic N) is 3. The number of benzene rings is 2. The van der Waals surface area contributed by atoms with Gasteiger partial charge in [-0.1, -0.05) is 52.0 Å². The standard InChI is InChI=1S/C17H13BrN4O3S/c18-13-6-4-11(5-7-13)9-15-16(23)20-17(26-15)21-19-10-12-2-1-3-14(8-12)22(24)25/h1-8,10,15H,9H2,(H,20,21,23)/b19-10-/t15-/m0/s1. The molecule has 1 aliphatic heterocycles. The maximum atomic E-state index is 12.1. The van der Waals surface area contributed by atoms with Crippen molar-refractivity contribution in [1.82, 2.24) is 5.32 Å². The minimum absolute atomic E-state index is 0.0142. The van der Waals surface area contributed by atoms with Gasteiger partial charge in [-0.2, -0.15) is 5.10 Å². The van der Waals surface area contributed by atoms with Crippen molar-refractivity contribution in [3.63, 3.8) is 0 Å². The van der Waals surface area contributed by atoms with Crippen molar-refractivity contribution < 1.29 is 9.72 Å². The zero-order valence-corrected chi connectivity index (χ0v) is 15.7. The highest BCUT2D eigenvalue weighted by molar-refractivity contribution is 9.10. The number of hydrogen-bond acceptors (Lipinski definition) is 6. The van der Waals surface area contributed by atoms with Crippen molar-refractivity contribution in [2.24, 2.45) is 10.2 Å². The normalized spacial score (nSPS) is 18.4. The minimum atomic E-state index is -0.469. The fourth-order valence-corrected chi connectivity index (χ4v) is 3.52. The van der Waals surface area contributed by atoms with Gasteiger partial charge in [0.2, 0.25) is 5.91 Å². The molecule has 1 N–H and O–H groups in total. The van der Waals surface area contributed by atoms with Gasteiger partial charge >= 0.3 is 0 Å². The second-order valence-electron chi connectivity index (χ2n) is 5.43. The van der Waals surface area contributed by atoms with E-state index in [1.807, 2.05) is 24.3 Å². The maximum Gasteiger partial charge on any atom is 0.270 e. The molecule has 7 nitrogen and oxygen atoms in total. The molecule has 1 atom stereocenters. The molecule has 1 fully saturated rings. The number of carbonyl (C=O) groups is 1. The second-order valence-corrected chi connectivity index (χ2v) is 7.54. The van der Waals surface area contributed by atoms with E-state index in [2.05, 4.69) is 31.4 Å². The summed E-state index contributed by atoms with van der Waals surface area (Å²) in [6.45, 7) is 0. The van der Waals surface area contributed by atoms with Gasteiger partial charge in [-0.3, -0.25) is 14.9 Å². The van der Waals surface area contributed by atoms with Gasteiger partial charge in [-0.15, -0.1) is 5.10 Å². The second kappa shape index (κ2) is 8.24. The van der Waals surface area contributed by atoms with Crippen LogP contribution in [-0.4, -0.2) is 27.5 Å². The predicted octanol–water partition coefficient (Wildman–Crippen LogP) is 3.52. The fraction of sp³-hybridized carbons (Fsp3) is 0.118. The molecule has 0 saturated carbocycles. The molecular weight excluding hydrogens is 420 g/mol. The van der Waals surface area contributed by atoms with Crippen LogP contribution in [0.5, 0.6) is 0 Å². The zero-order valence-electron chi connectivity index (χ0n) is 13.3. The van der Waals surface area contributed by atoms with Gasteiger partial charge in [0, 0.05) is 22.2 Å². The number of nitro benzene ring substituents is 1. The molecule has 3 rings (SSSR count). The summed E-state index contributed by atoms with van der Waals surface area (Å²) in [6, 6.07) is 13.9. The van der Waals surface area contributed by atoms with E-state index in [1.54, 1.807) is 12.1 Å². The molecule has 26 heavy (non-hydrogen) atoms. The third kappa shape index (κ3) is 4.77. The van der Waals surface area contributed by atoms with Gasteiger partial charge in [0.05, 0.1) is 16.4 Å². The van der Waals surface area contributed by atoms with E-state index in [-0.39, 0.29) is 16.8 Å². The van der Waals surface area contributed by atoms with E-state index < -0.39 is 4.92 Å². The molecule has 0 spiro atoms. The Hall–Kier alpha value is -2.52. The van der Waals surface area contributed by atoms with Crippen molar-refractivity contribution in [3.05, 3.63) is 74.2 Å². The molecule has 1 aliphatic rings. The first-order chi connectivity index (χ1) is 12.5. The molecule has 0 aliphatic carbocycles. The number of amidine groups is 1. The van der Waals surface area contributed by atoms with Crippen LogP contribution < -0.4 is 5.32 Å². The van der Waals surface area contributed by atoms with Crippen LogP contribution >= 0.6 is 27.7 Å². The Kier molecular flexibility index (Phi) is 5.79. The Morgan fingerprint density at radius 3 is 2.77 bits per heavy atom. The Labute approximate surface area is 161 Å². The largest absolute Gasteiger partial charge is 0.303 e. The van der Waals surface area contributed by atoms with Crippen molar-refractivity contribution in [2.75, 3.05) is 0 Å². The SMILES string of the molecule is O=C1N/C(=N\N=C/c2cccc([N+](=O)[O-])c2)S[C@H]1Cc1ccc(Br)cc1. The number of halogens is 1. The minimum Gasteiger partial charge on any atom is -0.303 e. The van der Waals surface area contributed by atoms with Crippen LogP contribution in [-0.2, 0) is 11.2 Å². The van der Waals surface area contributed by atoms with Crippen LogP contribution in [0, 0.1) is 10.1 Å². The summed E-state index contributed by atoms with van der Waals surface area (Å²) in [5.41, 5.74) is 1.60. The monoisotopic (exact) mass is 432 g/mol. The molecule has 1 heterocycles. The van der Waals surface area contributed by atoms with Crippen molar-refractivity contribution in [2.45, 2.75) is 11.7 Å². The number of carbonyl (C=O) groups excluding carboxylic acids is 1. The number of rotatable bonds is 5. The van der Waals surface area contributed by atoms with E-state index in [0.717, 1.165) is 10.0 Å². The fourth-order valence-electron chi connectivity index (χ4n) is 2.29. The van der Waals surface area contributed by atoms with E-state index in [0.29, 0.717) is 17.2 Å². The van der Waals surface area contributed by atoms with Crippen molar-refractivity contribution in [3.8, 4) is 0 Å². The molecule has 2 aromatic rings. The van der Waals surface area contributed by atoms with Gasteiger partial charge < -0.3 is 5.32 Å². The first kappa shape index (κ1) is 18.3. The molecule has 0 unspecified atom stereocenters. The van der Waals surface area contributed by atoms with E-state index in [9.17, 15) is 14.9 Å². The summed E-state index contributed by atoms with van der Waals surface area (Å²) >= 11 is 4.70. The van der Waals surface area contributed by atoms with Crippen LogP contribution in [0.3, 0.4) is 0 Å². The average Bonchev–Trinajstić information content (AvgIpc) is 2.97. The molecule has 9 heteroatoms. The summed E-state index contributed by atoms with van der Waals surface area (Å²) in [5, 5.41) is 21.5. The Morgan fingerprint density at radius 2 is 2.04 bits per heavy atom. The summed E-state index contributed by atoms with van der Waals surface area (Å²) in [5.74, 6) is -0.109. The summed E-state index contributed by atoms with van der Waals surface area (Å²) in [6.07, 6.45) is 2.01. The maximum absolute atomic E-state index is 12.1. The molecule has 1 amide bonds. The number of nitrogens with one attached hydrogen (secondary N) is 1. The van der Waals surface area contributed by atoms with Gasteiger partial charge in [0.1, 0.15) is 0 Å². The lowest BCUT2D eigenvalue weighted by molar-refractivity contribution is -0.384. The number of non-ortho nitro benzene ring substituents is 1. The van der Waals surface area contributed by atoms with Gasteiger partial charge in [0.25, 0.3) is 5.69 Å². The number of amides is 1. The Morgan fingerprint density at radius 1 is 1.27 bits per heavy atom. The quantitative estimate of drug-likeness (QED) is 0.443. The number of nitro groups is 1. The van der Waals surface area contributed by atoms with Gasteiger partial charge in [-0.05, 0) is 24.1 Å². The summed E-state index contributed by atoms with van der Waals surface area (Å²) < 4.78 is 0.988. The highest BCUT2D eigenvalue weighted by atomic mass is 79.9. The molecule has 0 radical (unpaired) electrons. The lowest BCUT2D eigenvalue weighted by Gasteiger charge is -2.05. The van der Waals surface area contributed by atoms with Crippen molar-refractivity contribution in [1.29, 1.82) is 0 Å². The zero-order chi connectivity index (χ0) is 18.5. The van der Waals surface area contributed by atoms with Gasteiger partial charge in [-0.25, -0.2) is 0 Å².